The number of hydrogen-bond acceptors (Lipinski definition) is 5. The number of nitro groups is 1. The highest BCUT2D eigenvalue weighted by Gasteiger charge is 2.33. The van der Waals surface area contributed by atoms with E-state index < -0.39 is 26.9 Å². The van der Waals surface area contributed by atoms with Crippen molar-refractivity contribution in [2.24, 2.45) is 0 Å². The molecule has 0 radical (unpaired) electrons. The van der Waals surface area contributed by atoms with E-state index in [1.54, 1.807) is 13.8 Å². The van der Waals surface area contributed by atoms with Crippen LogP contribution in [0.3, 0.4) is 0 Å². The second-order valence-electron chi connectivity index (χ2n) is 7.61. The number of hydrogen-bond donors (Lipinski definition) is 1. The summed E-state index contributed by atoms with van der Waals surface area (Å²) in [5.74, 6) is -0.475. The van der Waals surface area contributed by atoms with Crippen LogP contribution in [0.15, 0.2) is 60.7 Å². The Kier molecular flexibility index (Phi) is 6.78. The maximum Gasteiger partial charge on any atom is 0.271 e. The van der Waals surface area contributed by atoms with E-state index in [0.717, 1.165) is 26.9 Å². The van der Waals surface area contributed by atoms with Crippen LogP contribution in [0.4, 0.5) is 11.4 Å². The van der Waals surface area contributed by atoms with E-state index in [1.807, 2.05) is 42.5 Å². The minimum absolute atomic E-state index is 0.120. The Bertz CT molecular complexity index is 1270. The van der Waals surface area contributed by atoms with Crippen LogP contribution in [0.1, 0.15) is 24.5 Å². The van der Waals surface area contributed by atoms with E-state index in [2.05, 4.69) is 5.32 Å². The summed E-state index contributed by atoms with van der Waals surface area (Å²) in [7, 11) is -3.90. The van der Waals surface area contributed by atoms with Gasteiger partial charge in [-0.15, -0.1) is 0 Å². The van der Waals surface area contributed by atoms with Crippen molar-refractivity contribution in [3.05, 3.63) is 81.9 Å². The van der Waals surface area contributed by atoms with Crippen LogP contribution in [0.2, 0.25) is 0 Å². The molecule has 0 heterocycles. The summed E-state index contributed by atoms with van der Waals surface area (Å²) < 4.78 is 26.3. The lowest BCUT2D eigenvalue weighted by Crippen LogP contribution is -2.49. The molecule has 3 aromatic rings. The standard InChI is InChI=1S/C23H25N3O5S/c1-4-21(23(27)24-15-17-10-11-18-7-5-6-8-19(18)13-17)25(32(3,30)31)22-14-20(26(28)29)12-9-16(22)2/h5-14,21H,4,15H2,1-3H3,(H,24,27)/t21-/m0/s1. The zero-order valence-electron chi connectivity index (χ0n) is 18.1. The molecule has 9 heteroatoms. The molecular weight excluding hydrogens is 430 g/mol. The third-order valence-electron chi connectivity index (χ3n) is 5.25. The van der Waals surface area contributed by atoms with Gasteiger partial charge in [-0.3, -0.25) is 19.2 Å². The molecule has 1 atom stereocenters. The van der Waals surface area contributed by atoms with Crippen LogP contribution >= 0.6 is 0 Å². The van der Waals surface area contributed by atoms with E-state index in [4.69, 9.17) is 0 Å². The van der Waals surface area contributed by atoms with Gasteiger partial charge in [-0.05, 0) is 41.3 Å². The molecular formula is C23H25N3O5S. The quantitative estimate of drug-likeness (QED) is 0.409. The Labute approximate surface area is 187 Å². The molecule has 0 spiro atoms. The van der Waals surface area contributed by atoms with Crippen molar-refractivity contribution in [2.75, 3.05) is 10.6 Å². The van der Waals surface area contributed by atoms with Gasteiger partial charge in [0.25, 0.3) is 5.69 Å². The van der Waals surface area contributed by atoms with Gasteiger partial charge in [0.15, 0.2) is 0 Å². The molecule has 3 rings (SSSR count). The van der Waals surface area contributed by atoms with Gasteiger partial charge in [0.2, 0.25) is 15.9 Å². The molecule has 168 valence electrons. The molecule has 0 fully saturated rings. The second-order valence-corrected chi connectivity index (χ2v) is 9.47. The lowest BCUT2D eigenvalue weighted by Gasteiger charge is -2.31. The molecule has 0 bridgehead atoms. The first-order chi connectivity index (χ1) is 15.1. The summed E-state index contributed by atoms with van der Waals surface area (Å²) in [6.45, 7) is 3.58. The number of non-ortho nitro benzene ring substituents is 1. The maximum atomic E-state index is 13.1. The summed E-state index contributed by atoms with van der Waals surface area (Å²) in [6.07, 6.45) is 1.18. The summed E-state index contributed by atoms with van der Waals surface area (Å²) >= 11 is 0. The Morgan fingerprint density at radius 2 is 1.78 bits per heavy atom. The van der Waals surface area contributed by atoms with Gasteiger partial charge in [0.1, 0.15) is 6.04 Å². The topological polar surface area (TPSA) is 110 Å². The number of carbonyl (C=O) groups is 1. The first-order valence-corrected chi connectivity index (χ1v) is 12.0. The third-order valence-corrected chi connectivity index (χ3v) is 6.42. The van der Waals surface area contributed by atoms with E-state index in [0.29, 0.717) is 5.56 Å². The SMILES string of the molecule is CC[C@@H](C(=O)NCc1ccc2ccccc2c1)N(c1cc([N+](=O)[O-])ccc1C)S(C)(=O)=O. The average Bonchev–Trinajstić information content (AvgIpc) is 2.75. The van der Waals surface area contributed by atoms with Crippen molar-refractivity contribution in [1.82, 2.24) is 5.32 Å². The molecule has 0 aliphatic heterocycles. The number of anilines is 1. The Hall–Kier alpha value is -3.46. The molecule has 1 amide bonds. The van der Waals surface area contributed by atoms with Crippen molar-refractivity contribution >= 4 is 38.1 Å². The molecule has 0 saturated carbocycles. The maximum absolute atomic E-state index is 13.1. The van der Waals surface area contributed by atoms with Crippen LogP contribution in [0, 0.1) is 17.0 Å². The van der Waals surface area contributed by atoms with Crippen molar-refractivity contribution in [2.45, 2.75) is 32.9 Å². The van der Waals surface area contributed by atoms with Gasteiger partial charge in [-0.25, -0.2) is 8.42 Å². The molecule has 0 saturated heterocycles. The molecule has 32 heavy (non-hydrogen) atoms. The van der Waals surface area contributed by atoms with Gasteiger partial charge in [0.05, 0.1) is 16.9 Å². The molecule has 8 nitrogen and oxygen atoms in total. The minimum atomic E-state index is -3.90. The average molecular weight is 456 g/mol. The summed E-state index contributed by atoms with van der Waals surface area (Å²) in [5, 5.41) is 16.2. The van der Waals surface area contributed by atoms with Gasteiger partial charge < -0.3 is 5.32 Å². The monoisotopic (exact) mass is 455 g/mol. The number of nitro benzene ring substituents is 1. The number of nitrogens with one attached hydrogen (secondary N) is 1. The predicted octanol–water partition coefficient (Wildman–Crippen LogP) is 3.92. The van der Waals surface area contributed by atoms with Gasteiger partial charge >= 0.3 is 0 Å². The van der Waals surface area contributed by atoms with Crippen molar-refractivity contribution in [3.63, 3.8) is 0 Å². The third kappa shape index (κ3) is 5.05. The van der Waals surface area contributed by atoms with Gasteiger partial charge in [-0.2, -0.15) is 0 Å². The number of sulfonamides is 1. The number of nitrogens with zero attached hydrogens (tertiary/aromatic N) is 2. The van der Waals surface area contributed by atoms with Gasteiger partial charge in [-0.1, -0.05) is 49.4 Å². The molecule has 0 aromatic heterocycles. The Morgan fingerprint density at radius 1 is 1.09 bits per heavy atom. The van der Waals surface area contributed by atoms with Crippen molar-refractivity contribution < 1.29 is 18.1 Å². The summed E-state index contributed by atoms with van der Waals surface area (Å²) in [6, 6.07) is 16.6. The predicted molar refractivity (Wildman–Crippen MR) is 125 cm³/mol. The molecule has 0 aliphatic carbocycles. The van der Waals surface area contributed by atoms with Crippen LogP contribution in [0.5, 0.6) is 0 Å². The number of benzene rings is 3. The van der Waals surface area contributed by atoms with Crippen molar-refractivity contribution in [3.8, 4) is 0 Å². The fraction of sp³-hybridized carbons (Fsp3) is 0.261. The smallest absolute Gasteiger partial charge is 0.271 e. The number of carbonyl (C=O) groups excluding carboxylic acids is 1. The van der Waals surface area contributed by atoms with Crippen LogP contribution in [0.25, 0.3) is 10.8 Å². The Balaban J connectivity index is 1.89. The fourth-order valence-electron chi connectivity index (χ4n) is 3.64. The zero-order chi connectivity index (χ0) is 23.5. The fourth-order valence-corrected chi connectivity index (χ4v) is 4.90. The van der Waals surface area contributed by atoms with E-state index >= 15 is 0 Å². The Morgan fingerprint density at radius 3 is 2.41 bits per heavy atom. The van der Waals surface area contributed by atoms with Crippen LogP contribution in [-0.4, -0.2) is 31.5 Å². The number of aryl methyl sites for hydroxylation is 1. The molecule has 1 N–H and O–H groups in total. The summed E-state index contributed by atoms with van der Waals surface area (Å²) in [4.78, 5) is 23.7. The molecule has 0 unspecified atom stereocenters. The van der Waals surface area contributed by atoms with Crippen LogP contribution in [-0.2, 0) is 21.4 Å². The highest BCUT2D eigenvalue weighted by molar-refractivity contribution is 7.92. The van der Waals surface area contributed by atoms with Gasteiger partial charge in [0, 0.05) is 18.7 Å². The lowest BCUT2D eigenvalue weighted by atomic mass is 10.1. The van der Waals surface area contributed by atoms with E-state index in [-0.39, 0.29) is 24.3 Å². The van der Waals surface area contributed by atoms with Crippen LogP contribution < -0.4 is 9.62 Å². The number of amides is 1. The van der Waals surface area contributed by atoms with E-state index in [1.165, 1.54) is 18.2 Å². The second kappa shape index (κ2) is 9.35. The molecule has 0 aliphatic rings. The lowest BCUT2D eigenvalue weighted by molar-refractivity contribution is -0.384. The first kappa shape index (κ1) is 23.2. The first-order valence-electron chi connectivity index (χ1n) is 10.1. The summed E-state index contributed by atoms with van der Waals surface area (Å²) in [5.41, 5.74) is 1.27. The number of rotatable bonds is 8. The number of fused-ring (bicyclic) bond motifs is 1. The highest BCUT2D eigenvalue weighted by Crippen LogP contribution is 2.30. The minimum Gasteiger partial charge on any atom is -0.350 e. The van der Waals surface area contributed by atoms with Crippen molar-refractivity contribution in [1.29, 1.82) is 0 Å². The highest BCUT2D eigenvalue weighted by atomic mass is 32.2. The zero-order valence-corrected chi connectivity index (χ0v) is 18.9. The van der Waals surface area contributed by atoms with E-state index in [9.17, 15) is 23.3 Å². The normalized spacial score (nSPS) is 12.3. The largest absolute Gasteiger partial charge is 0.350 e. The molecule has 3 aromatic carbocycles.